The van der Waals surface area contributed by atoms with Crippen LogP contribution in [-0.4, -0.2) is 27.3 Å². The number of carbonyl (C=O) groups is 1. The van der Waals surface area contributed by atoms with E-state index in [4.69, 9.17) is 11.6 Å². The van der Waals surface area contributed by atoms with Crippen molar-refractivity contribution in [3.63, 3.8) is 0 Å². The zero-order chi connectivity index (χ0) is 15.0. The molecule has 0 bridgehead atoms. The molecule has 0 spiro atoms. The Balaban J connectivity index is 1.95. The van der Waals surface area contributed by atoms with Gasteiger partial charge in [-0.25, -0.2) is 9.97 Å². The third-order valence-electron chi connectivity index (χ3n) is 3.09. The molecule has 0 fully saturated rings. The van der Waals surface area contributed by atoms with Crippen molar-refractivity contribution in [3.8, 4) is 0 Å². The van der Waals surface area contributed by atoms with Crippen molar-refractivity contribution in [2.45, 2.75) is 0 Å². The standard InChI is InChI=1S/C14H10BrClN4O/c1-19(10-4-2-9(16)3-5-10)14(21)11-8-20-12(15)6-18-13(20)7-17-11/h2-8H,1H3. The quantitative estimate of drug-likeness (QED) is 0.699. The molecule has 21 heavy (non-hydrogen) atoms. The maximum absolute atomic E-state index is 12.5. The molecule has 0 saturated carbocycles. The number of anilines is 1. The lowest BCUT2D eigenvalue weighted by Crippen LogP contribution is -2.27. The van der Waals surface area contributed by atoms with Crippen LogP contribution in [0.25, 0.3) is 5.65 Å². The van der Waals surface area contributed by atoms with Gasteiger partial charge in [0.1, 0.15) is 10.3 Å². The van der Waals surface area contributed by atoms with Crippen LogP contribution in [0.5, 0.6) is 0 Å². The number of amides is 1. The Kier molecular flexibility index (Phi) is 3.65. The summed E-state index contributed by atoms with van der Waals surface area (Å²) in [4.78, 5) is 22.3. The Bertz CT molecular complexity index is 815. The maximum Gasteiger partial charge on any atom is 0.278 e. The molecule has 1 amide bonds. The van der Waals surface area contributed by atoms with Crippen molar-refractivity contribution in [3.05, 3.63) is 58.2 Å². The predicted molar refractivity (Wildman–Crippen MR) is 84.9 cm³/mol. The summed E-state index contributed by atoms with van der Waals surface area (Å²) in [5, 5.41) is 0.626. The molecule has 0 aliphatic carbocycles. The monoisotopic (exact) mass is 364 g/mol. The molecule has 1 aromatic carbocycles. The first-order valence-electron chi connectivity index (χ1n) is 6.08. The second kappa shape index (κ2) is 5.46. The third kappa shape index (κ3) is 2.64. The van der Waals surface area contributed by atoms with E-state index in [-0.39, 0.29) is 5.91 Å². The highest BCUT2D eigenvalue weighted by Gasteiger charge is 2.16. The molecule has 0 atom stereocenters. The van der Waals surface area contributed by atoms with Crippen LogP contribution in [0.3, 0.4) is 0 Å². The first kappa shape index (κ1) is 14.0. The van der Waals surface area contributed by atoms with E-state index in [1.807, 2.05) is 0 Å². The second-order valence-electron chi connectivity index (χ2n) is 4.42. The first-order chi connectivity index (χ1) is 10.1. The number of carbonyl (C=O) groups excluding carboxylic acids is 1. The van der Waals surface area contributed by atoms with Gasteiger partial charge in [0.2, 0.25) is 0 Å². The van der Waals surface area contributed by atoms with E-state index >= 15 is 0 Å². The smallest absolute Gasteiger partial charge is 0.278 e. The van der Waals surface area contributed by atoms with Crippen LogP contribution in [0.2, 0.25) is 5.02 Å². The van der Waals surface area contributed by atoms with Crippen molar-refractivity contribution in [2.24, 2.45) is 0 Å². The molecule has 0 radical (unpaired) electrons. The van der Waals surface area contributed by atoms with Gasteiger partial charge < -0.3 is 4.90 Å². The number of hydrogen-bond acceptors (Lipinski definition) is 3. The minimum Gasteiger partial charge on any atom is -0.310 e. The van der Waals surface area contributed by atoms with Gasteiger partial charge in [-0.2, -0.15) is 0 Å². The molecular formula is C14H10BrClN4O. The summed E-state index contributed by atoms with van der Waals surface area (Å²) in [5.74, 6) is -0.208. The van der Waals surface area contributed by atoms with E-state index in [9.17, 15) is 4.79 Å². The fourth-order valence-electron chi connectivity index (χ4n) is 1.92. The Labute approximate surface area is 134 Å². The number of fused-ring (bicyclic) bond motifs is 1. The van der Waals surface area contributed by atoms with E-state index in [0.717, 1.165) is 10.3 Å². The summed E-state index contributed by atoms with van der Waals surface area (Å²) < 4.78 is 2.53. The van der Waals surface area contributed by atoms with E-state index in [0.29, 0.717) is 16.4 Å². The summed E-state index contributed by atoms with van der Waals surface area (Å²) in [7, 11) is 1.69. The maximum atomic E-state index is 12.5. The van der Waals surface area contributed by atoms with Gasteiger partial charge in [-0.1, -0.05) is 11.6 Å². The normalized spacial score (nSPS) is 10.8. The molecule has 7 heteroatoms. The number of benzene rings is 1. The van der Waals surface area contributed by atoms with Crippen molar-refractivity contribution >= 4 is 44.8 Å². The topological polar surface area (TPSA) is 50.5 Å². The molecule has 5 nitrogen and oxygen atoms in total. The molecule has 0 N–H and O–H groups in total. The molecule has 0 aliphatic heterocycles. The Hall–Kier alpha value is -1.92. The van der Waals surface area contributed by atoms with Crippen molar-refractivity contribution in [1.29, 1.82) is 0 Å². The van der Waals surface area contributed by atoms with Gasteiger partial charge in [-0.15, -0.1) is 0 Å². The van der Waals surface area contributed by atoms with Crippen LogP contribution < -0.4 is 4.90 Å². The van der Waals surface area contributed by atoms with Gasteiger partial charge in [0.15, 0.2) is 5.65 Å². The fourth-order valence-corrected chi connectivity index (χ4v) is 2.44. The second-order valence-corrected chi connectivity index (χ2v) is 5.67. The molecule has 3 rings (SSSR count). The van der Waals surface area contributed by atoms with Gasteiger partial charge in [0.05, 0.1) is 12.4 Å². The highest BCUT2D eigenvalue weighted by atomic mass is 79.9. The number of nitrogens with zero attached hydrogens (tertiary/aromatic N) is 4. The number of halogens is 2. The highest BCUT2D eigenvalue weighted by Crippen LogP contribution is 2.19. The fraction of sp³-hybridized carbons (Fsp3) is 0.0714. The Morgan fingerprint density at radius 1 is 1.24 bits per heavy atom. The van der Waals surface area contributed by atoms with E-state index in [2.05, 4.69) is 25.9 Å². The van der Waals surface area contributed by atoms with Crippen LogP contribution in [0.1, 0.15) is 10.5 Å². The first-order valence-corrected chi connectivity index (χ1v) is 7.25. The molecular weight excluding hydrogens is 356 g/mol. The predicted octanol–water partition coefficient (Wildman–Crippen LogP) is 3.42. The molecule has 0 unspecified atom stereocenters. The number of hydrogen-bond donors (Lipinski definition) is 0. The summed E-state index contributed by atoms with van der Waals surface area (Å²) in [5.41, 5.74) is 1.75. The molecule has 3 aromatic rings. The lowest BCUT2D eigenvalue weighted by atomic mass is 10.3. The van der Waals surface area contributed by atoms with Crippen LogP contribution in [0, 0.1) is 0 Å². The zero-order valence-electron chi connectivity index (χ0n) is 11.0. The van der Waals surface area contributed by atoms with Crippen LogP contribution in [0.4, 0.5) is 5.69 Å². The van der Waals surface area contributed by atoms with Crippen LogP contribution in [0.15, 0.2) is 47.5 Å². The summed E-state index contributed by atoms with van der Waals surface area (Å²) in [6.07, 6.45) is 4.88. The minimum atomic E-state index is -0.208. The molecule has 2 heterocycles. The van der Waals surface area contributed by atoms with Gasteiger partial charge in [-0.05, 0) is 40.2 Å². The molecule has 0 aliphatic rings. The largest absolute Gasteiger partial charge is 0.310 e. The zero-order valence-corrected chi connectivity index (χ0v) is 13.3. The Morgan fingerprint density at radius 2 is 1.95 bits per heavy atom. The number of aromatic nitrogens is 3. The van der Waals surface area contributed by atoms with E-state index in [1.54, 1.807) is 54.3 Å². The average Bonchev–Trinajstić information content (AvgIpc) is 2.87. The van der Waals surface area contributed by atoms with E-state index in [1.165, 1.54) is 4.90 Å². The van der Waals surface area contributed by atoms with E-state index < -0.39 is 0 Å². The minimum absolute atomic E-state index is 0.208. The van der Waals surface area contributed by atoms with Gasteiger partial charge >= 0.3 is 0 Å². The average molecular weight is 366 g/mol. The van der Waals surface area contributed by atoms with Crippen molar-refractivity contribution in [2.75, 3.05) is 11.9 Å². The van der Waals surface area contributed by atoms with Crippen LogP contribution >= 0.6 is 27.5 Å². The lowest BCUT2D eigenvalue weighted by Gasteiger charge is -2.17. The van der Waals surface area contributed by atoms with Gasteiger partial charge in [0, 0.05) is 24.0 Å². The summed E-state index contributed by atoms with van der Waals surface area (Å²) in [6.45, 7) is 0. The SMILES string of the molecule is CN(C(=O)c1cn2c(Br)cnc2cn1)c1ccc(Cl)cc1. The number of imidazole rings is 1. The third-order valence-corrected chi connectivity index (χ3v) is 3.93. The van der Waals surface area contributed by atoms with Crippen LogP contribution in [-0.2, 0) is 0 Å². The summed E-state index contributed by atoms with van der Waals surface area (Å²) >= 11 is 9.23. The molecule has 0 saturated heterocycles. The molecule has 106 valence electrons. The van der Waals surface area contributed by atoms with Gasteiger partial charge in [0.25, 0.3) is 5.91 Å². The Morgan fingerprint density at radius 3 is 2.67 bits per heavy atom. The van der Waals surface area contributed by atoms with Crippen molar-refractivity contribution < 1.29 is 4.79 Å². The highest BCUT2D eigenvalue weighted by molar-refractivity contribution is 9.10. The lowest BCUT2D eigenvalue weighted by molar-refractivity contribution is 0.0988. The summed E-state index contributed by atoms with van der Waals surface area (Å²) in [6, 6.07) is 7.05. The molecule has 2 aromatic heterocycles. The van der Waals surface area contributed by atoms with Crippen molar-refractivity contribution in [1.82, 2.24) is 14.4 Å². The van der Waals surface area contributed by atoms with Gasteiger partial charge in [-0.3, -0.25) is 9.20 Å². The number of rotatable bonds is 2.